The number of nitrogens with zero attached hydrogens (tertiary/aromatic N) is 2. The zero-order chi connectivity index (χ0) is 11.2. The maximum atomic E-state index is 4.52. The molecule has 0 amide bonds. The van der Waals surface area contributed by atoms with Gasteiger partial charge in [-0.05, 0) is 38.2 Å². The minimum Gasteiger partial charge on any atom is -0.360 e. The Morgan fingerprint density at radius 1 is 1.38 bits per heavy atom. The molecule has 2 aromatic rings. The predicted molar refractivity (Wildman–Crippen MR) is 64.1 cm³/mol. The normalized spacial score (nSPS) is 10.6. The Bertz CT molecular complexity index is 422. The van der Waals surface area contributed by atoms with Gasteiger partial charge in [0.15, 0.2) is 0 Å². The average Bonchev–Trinajstić information content (AvgIpc) is 2.83. The lowest BCUT2D eigenvalue weighted by atomic mass is 10.2. The molecule has 4 nitrogen and oxygen atoms in total. The van der Waals surface area contributed by atoms with Crippen molar-refractivity contribution in [3.05, 3.63) is 36.4 Å². The molecule has 4 heteroatoms. The van der Waals surface area contributed by atoms with Crippen LogP contribution in [-0.2, 0) is 6.42 Å². The first kappa shape index (κ1) is 10.8. The lowest BCUT2D eigenvalue weighted by molar-refractivity contribution is 0.702. The summed E-state index contributed by atoms with van der Waals surface area (Å²) < 4.78 is 0. The van der Waals surface area contributed by atoms with Crippen LogP contribution in [-0.4, -0.2) is 28.5 Å². The highest BCUT2D eigenvalue weighted by Crippen LogP contribution is 2.13. The van der Waals surface area contributed by atoms with Crippen LogP contribution in [0, 0.1) is 0 Å². The van der Waals surface area contributed by atoms with Crippen molar-refractivity contribution >= 4 is 0 Å². The van der Waals surface area contributed by atoms with Gasteiger partial charge in [-0.25, -0.2) is 9.97 Å². The topological polar surface area (TPSA) is 53.6 Å². The number of nitrogens with one attached hydrogen (secondary N) is 2. The fourth-order valence-corrected chi connectivity index (χ4v) is 1.58. The molecule has 0 saturated heterocycles. The van der Waals surface area contributed by atoms with Gasteiger partial charge in [0.05, 0.1) is 11.4 Å². The van der Waals surface area contributed by atoms with Crippen LogP contribution in [0.2, 0.25) is 0 Å². The number of aromatic amines is 1. The molecule has 2 heterocycles. The summed E-state index contributed by atoms with van der Waals surface area (Å²) in [5.74, 6) is 0.905. The maximum absolute atomic E-state index is 4.52. The van der Waals surface area contributed by atoms with Gasteiger partial charge in [-0.2, -0.15) is 0 Å². The molecule has 2 rings (SSSR count). The van der Waals surface area contributed by atoms with Gasteiger partial charge in [0.2, 0.25) is 0 Å². The molecule has 2 N–H and O–H groups in total. The fraction of sp³-hybridized carbons (Fsp3) is 0.333. The SMILES string of the molecule is CNCCCc1nccc(-c2ccc[nH]2)n1. The molecule has 0 aliphatic carbocycles. The average molecular weight is 216 g/mol. The van der Waals surface area contributed by atoms with Crippen LogP contribution in [0.25, 0.3) is 11.4 Å². The summed E-state index contributed by atoms with van der Waals surface area (Å²) in [6.07, 6.45) is 5.69. The first-order valence-corrected chi connectivity index (χ1v) is 5.50. The summed E-state index contributed by atoms with van der Waals surface area (Å²) in [5.41, 5.74) is 2.00. The van der Waals surface area contributed by atoms with Gasteiger partial charge < -0.3 is 10.3 Å². The van der Waals surface area contributed by atoms with E-state index in [2.05, 4.69) is 20.3 Å². The van der Waals surface area contributed by atoms with Gasteiger partial charge in [-0.15, -0.1) is 0 Å². The molecule has 0 aliphatic heterocycles. The molecule has 0 aliphatic rings. The van der Waals surface area contributed by atoms with Crippen molar-refractivity contribution in [2.75, 3.05) is 13.6 Å². The van der Waals surface area contributed by atoms with E-state index in [-0.39, 0.29) is 0 Å². The van der Waals surface area contributed by atoms with E-state index >= 15 is 0 Å². The summed E-state index contributed by atoms with van der Waals surface area (Å²) in [6.45, 7) is 0.996. The second-order valence-corrected chi connectivity index (χ2v) is 3.65. The lowest BCUT2D eigenvalue weighted by Gasteiger charge is -2.02. The largest absolute Gasteiger partial charge is 0.360 e. The second-order valence-electron chi connectivity index (χ2n) is 3.65. The maximum Gasteiger partial charge on any atom is 0.129 e. The van der Waals surface area contributed by atoms with E-state index in [1.165, 1.54) is 0 Å². The number of aryl methyl sites for hydroxylation is 1. The highest BCUT2D eigenvalue weighted by atomic mass is 14.9. The minimum atomic E-state index is 0.905. The molecule has 0 atom stereocenters. The zero-order valence-corrected chi connectivity index (χ0v) is 9.40. The summed E-state index contributed by atoms with van der Waals surface area (Å²) in [4.78, 5) is 11.9. The summed E-state index contributed by atoms with van der Waals surface area (Å²) >= 11 is 0. The monoisotopic (exact) mass is 216 g/mol. The highest BCUT2D eigenvalue weighted by molar-refractivity contribution is 5.53. The molecule has 0 saturated carbocycles. The summed E-state index contributed by atoms with van der Waals surface area (Å²) in [6, 6.07) is 5.91. The summed E-state index contributed by atoms with van der Waals surface area (Å²) in [7, 11) is 1.95. The smallest absolute Gasteiger partial charge is 0.129 e. The molecule has 84 valence electrons. The number of hydrogen-bond acceptors (Lipinski definition) is 3. The van der Waals surface area contributed by atoms with E-state index in [1.807, 2.05) is 37.6 Å². The second kappa shape index (κ2) is 5.42. The predicted octanol–water partition coefficient (Wildman–Crippen LogP) is 1.62. The van der Waals surface area contributed by atoms with E-state index in [0.29, 0.717) is 0 Å². The van der Waals surface area contributed by atoms with Crippen molar-refractivity contribution in [3.8, 4) is 11.4 Å². The fourth-order valence-electron chi connectivity index (χ4n) is 1.58. The van der Waals surface area contributed by atoms with E-state index in [4.69, 9.17) is 0 Å². The number of H-pyrrole nitrogens is 1. The molecule has 16 heavy (non-hydrogen) atoms. The molecule has 0 radical (unpaired) electrons. The van der Waals surface area contributed by atoms with Gasteiger partial charge in [-0.3, -0.25) is 0 Å². The van der Waals surface area contributed by atoms with Crippen LogP contribution < -0.4 is 5.32 Å². The van der Waals surface area contributed by atoms with Crippen molar-refractivity contribution in [1.29, 1.82) is 0 Å². The van der Waals surface area contributed by atoms with E-state index in [9.17, 15) is 0 Å². The molecule has 0 bridgehead atoms. The van der Waals surface area contributed by atoms with Gasteiger partial charge in [0.25, 0.3) is 0 Å². The molecule has 0 unspecified atom stereocenters. The first-order valence-electron chi connectivity index (χ1n) is 5.50. The summed E-state index contributed by atoms with van der Waals surface area (Å²) in [5, 5.41) is 3.12. The van der Waals surface area contributed by atoms with Crippen LogP contribution >= 0.6 is 0 Å². The molecular weight excluding hydrogens is 200 g/mol. The Labute approximate surface area is 95.1 Å². The van der Waals surface area contributed by atoms with Gasteiger partial charge >= 0.3 is 0 Å². The highest BCUT2D eigenvalue weighted by Gasteiger charge is 2.02. The van der Waals surface area contributed by atoms with Crippen molar-refractivity contribution in [2.24, 2.45) is 0 Å². The Hall–Kier alpha value is -1.68. The standard InChI is InChI=1S/C12H16N4/c1-13-7-3-5-12-15-9-6-11(16-12)10-4-2-8-14-10/h2,4,6,8-9,13-14H,3,5,7H2,1H3. The van der Waals surface area contributed by atoms with Crippen LogP contribution in [0.3, 0.4) is 0 Å². The van der Waals surface area contributed by atoms with Crippen molar-refractivity contribution in [2.45, 2.75) is 12.8 Å². The Kier molecular flexibility index (Phi) is 3.66. The third kappa shape index (κ3) is 2.67. The Morgan fingerprint density at radius 2 is 2.31 bits per heavy atom. The van der Waals surface area contributed by atoms with Crippen LogP contribution in [0.4, 0.5) is 0 Å². The quantitative estimate of drug-likeness (QED) is 0.747. The van der Waals surface area contributed by atoms with Crippen LogP contribution in [0.5, 0.6) is 0 Å². The zero-order valence-electron chi connectivity index (χ0n) is 9.40. The van der Waals surface area contributed by atoms with Crippen molar-refractivity contribution < 1.29 is 0 Å². The number of hydrogen-bond donors (Lipinski definition) is 2. The number of rotatable bonds is 5. The molecular formula is C12H16N4. The minimum absolute atomic E-state index is 0.905. The number of aromatic nitrogens is 3. The van der Waals surface area contributed by atoms with Gasteiger partial charge in [0, 0.05) is 18.8 Å². The molecule has 0 fully saturated rings. The van der Waals surface area contributed by atoms with Gasteiger partial charge in [0.1, 0.15) is 5.82 Å². The van der Waals surface area contributed by atoms with Crippen molar-refractivity contribution in [1.82, 2.24) is 20.3 Å². The third-order valence-corrected chi connectivity index (χ3v) is 2.41. The van der Waals surface area contributed by atoms with E-state index in [1.54, 1.807) is 0 Å². The first-order chi connectivity index (χ1) is 7.90. The van der Waals surface area contributed by atoms with E-state index < -0.39 is 0 Å². The molecule has 2 aromatic heterocycles. The third-order valence-electron chi connectivity index (χ3n) is 2.41. The van der Waals surface area contributed by atoms with E-state index in [0.717, 1.165) is 36.6 Å². The van der Waals surface area contributed by atoms with Crippen LogP contribution in [0.15, 0.2) is 30.6 Å². The van der Waals surface area contributed by atoms with Gasteiger partial charge in [-0.1, -0.05) is 0 Å². The molecule has 0 aromatic carbocycles. The van der Waals surface area contributed by atoms with Crippen LogP contribution in [0.1, 0.15) is 12.2 Å². The lowest BCUT2D eigenvalue weighted by Crippen LogP contribution is -2.09. The molecule has 0 spiro atoms. The Balaban J connectivity index is 2.08. The Morgan fingerprint density at radius 3 is 3.06 bits per heavy atom. The van der Waals surface area contributed by atoms with Crippen molar-refractivity contribution in [3.63, 3.8) is 0 Å².